The number of hydrogen-bond acceptors (Lipinski definition) is 6. The van der Waals surface area contributed by atoms with Gasteiger partial charge in [0, 0.05) is 32.3 Å². The molecule has 98 valence electrons. The van der Waals surface area contributed by atoms with E-state index >= 15 is 0 Å². The van der Waals surface area contributed by atoms with Crippen molar-refractivity contribution < 1.29 is 19.4 Å². The Morgan fingerprint density at radius 1 is 1.56 bits per heavy atom. The molecular weight excluding hydrogens is 238 g/mol. The van der Waals surface area contributed by atoms with Crippen molar-refractivity contribution in [2.75, 3.05) is 25.7 Å². The number of aromatic nitrogens is 2. The zero-order chi connectivity index (χ0) is 13.1. The van der Waals surface area contributed by atoms with Crippen molar-refractivity contribution in [1.29, 1.82) is 0 Å². The summed E-state index contributed by atoms with van der Waals surface area (Å²) in [5.41, 5.74) is 0. The number of anilines is 1. The Morgan fingerprint density at radius 3 is 2.94 bits per heavy atom. The van der Waals surface area contributed by atoms with Gasteiger partial charge in [-0.2, -0.15) is 4.98 Å². The van der Waals surface area contributed by atoms with Crippen LogP contribution in [0.25, 0.3) is 0 Å². The van der Waals surface area contributed by atoms with Gasteiger partial charge >= 0.3 is 5.97 Å². The minimum atomic E-state index is -0.902. The van der Waals surface area contributed by atoms with E-state index in [9.17, 15) is 9.90 Å². The fourth-order valence-corrected chi connectivity index (χ4v) is 2.01. The molecule has 2 unspecified atom stereocenters. The minimum absolute atomic E-state index is 0.124. The van der Waals surface area contributed by atoms with Crippen LogP contribution in [0.4, 0.5) is 5.95 Å². The highest BCUT2D eigenvalue weighted by Crippen LogP contribution is 2.25. The molecule has 0 aromatic carbocycles. The lowest BCUT2D eigenvalue weighted by atomic mass is 10.2. The lowest BCUT2D eigenvalue weighted by molar-refractivity contribution is -0.138. The van der Waals surface area contributed by atoms with E-state index in [2.05, 4.69) is 9.97 Å². The van der Waals surface area contributed by atoms with Crippen molar-refractivity contribution in [2.45, 2.75) is 18.6 Å². The van der Waals surface area contributed by atoms with Gasteiger partial charge in [-0.3, -0.25) is 0 Å². The van der Waals surface area contributed by atoms with Crippen LogP contribution >= 0.6 is 0 Å². The van der Waals surface area contributed by atoms with Gasteiger partial charge in [-0.1, -0.05) is 0 Å². The second kappa shape index (κ2) is 5.18. The van der Waals surface area contributed by atoms with Gasteiger partial charge < -0.3 is 19.5 Å². The normalized spacial score (nSPS) is 23.1. The second-order valence-electron chi connectivity index (χ2n) is 4.00. The molecule has 2 rings (SSSR count). The summed E-state index contributed by atoms with van der Waals surface area (Å²) in [6, 6.07) is 0.949. The third kappa shape index (κ3) is 2.35. The molecule has 7 nitrogen and oxygen atoms in total. The fourth-order valence-electron chi connectivity index (χ4n) is 2.01. The summed E-state index contributed by atoms with van der Waals surface area (Å²) >= 11 is 0. The average molecular weight is 253 g/mol. The molecular formula is C11H15N3O4. The molecule has 1 aliphatic rings. The van der Waals surface area contributed by atoms with Crippen LogP contribution in [-0.4, -0.2) is 54.0 Å². The Labute approximate surface area is 104 Å². The van der Waals surface area contributed by atoms with Crippen molar-refractivity contribution in [3.63, 3.8) is 0 Å². The predicted molar refractivity (Wildman–Crippen MR) is 62.8 cm³/mol. The standard InChI is InChI=1S/C11H15N3O4/c1-17-7-5-8(10(15)16)14(6-7)11-12-4-3-9(13-11)18-2/h3-4,7-8H,5-6H2,1-2H3,(H,15,16). The van der Waals surface area contributed by atoms with Gasteiger partial charge in [-0.15, -0.1) is 0 Å². The van der Waals surface area contributed by atoms with Crippen LogP contribution in [0.1, 0.15) is 6.42 Å². The highest BCUT2D eigenvalue weighted by atomic mass is 16.5. The molecule has 0 spiro atoms. The molecule has 0 amide bonds. The number of methoxy groups -OCH3 is 2. The summed E-state index contributed by atoms with van der Waals surface area (Å²) < 4.78 is 10.2. The topological polar surface area (TPSA) is 84.8 Å². The molecule has 0 bridgehead atoms. The summed E-state index contributed by atoms with van der Waals surface area (Å²) in [5, 5.41) is 9.20. The summed E-state index contributed by atoms with van der Waals surface area (Å²) in [6.45, 7) is 0.459. The molecule has 1 aromatic rings. The lowest BCUT2D eigenvalue weighted by Gasteiger charge is -2.20. The first-order valence-electron chi connectivity index (χ1n) is 5.55. The molecule has 18 heavy (non-hydrogen) atoms. The fraction of sp³-hybridized carbons (Fsp3) is 0.545. The molecule has 1 aliphatic heterocycles. The van der Waals surface area contributed by atoms with Crippen LogP contribution < -0.4 is 9.64 Å². The minimum Gasteiger partial charge on any atom is -0.481 e. The maximum Gasteiger partial charge on any atom is 0.326 e. The van der Waals surface area contributed by atoms with E-state index in [0.717, 1.165) is 0 Å². The second-order valence-corrected chi connectivity index (χ2v) is 4.00. The van der Waals surface area contributed by atoms with Crippen molar-refractivity contribution >= 4 is 11.9 Å². The van der Waals surface area contributed by atoms with Crippen LogP contribution in [0, 0.1) is 0 Å². The van der Waals surface area contributed by atoms with Gasteiger partial charge in [0.15, 0.2) is 0 Å². The smallest absolute Gasteiger partial charge is 0.326 e. The van der Waals surface area contributed by atoms with Gasteiger partial charge in [0.1, 0.15) is 6.04 Å². The summed E-state index contributed by atoms with van der Waals surface area (Å²) in [6.07, 6.45) is 1.84. The molecule has 7 heteroatoms. The number of carbonyl (C=O) groups is 1. The predicted octanol–water partition coefficient (Wildman–Crippen LogP) is 0.163. The highest BCUT2D eigenvalue weighted by molar-refractivity contribution is 5.78. The van der Waals surface area contributed by atoms with E-state index in [1.54, 1.807) is 24.3 Å². The largest absolute Gasteiger partial charge is 0.481 e. The Balaban J connectivity index is 2.26. The lowest BCUT2D eigenvalue weighted by Crippen LogP contribution is -2.37. The van der Waals surface area contributed by atoms with Gasteiger partial charge in [0.25, 0.3) is 0 Å². The molecule has 1 saturated heterocycles. The zero-order valence-corrected chi connectivity index (χ0v) is 10.2. The van der Waals surface area contributed by atoms with Crippen LogP contribution in [-0.2, 0) is 9.53 Å². The van der Waals surface area contributed by atoms with Crippen molar-refractivity contribution in [2.24, 2.45) is 0 Å². The Hall–Kier alpha value is -1.89. The monoisotopic (exact) mass is 253 g/mol. The molecule has 1 N–H and O–H groups in total. The SMILES string of the molecule is COc1ccnc(N2CC(OC)CC2C(=O)O)n1. The molecule has 1 aromatic heterocycles. The number of carboxylic acids is 1. The Morgan fingerprint density at radius 2 is 2.33 bits per heavy atom. The summed E-state index contributed by atoms with van der Waals surface area (Å²) in [7, 11) is 3.07. The third-order valence-electron chi connectivity index (χ3n) is 2.96. The molecule has 0 aliphatic carbocycles. The van der Waals surface area contributed by atoms with E-state index in [1.165, 1.54) is 7.11 Å². The van der Waals surface area contributed by atoms with E-state index in [4.69, 9.17) is 9.47 Å². The van der Waals surface area contributed by atoms with Crippen molar-refractivity contribution in [3.8, 4) is 5.88 Å². The van der Waals surface area contributed by atoms with Crippen LogP contribution in [0.3, 0.4) is 0 Å². The number of aliphatic carboxylic acids is 1. The first-order valence-corrected chi connectivity index (χ1v) is 5.55. The number of carboxylic acid groups (broad SMARTS) is 1. The maximum absolute atomic E-state index is 11.2. The molecule has 0 radical (unpaired) electrons. The van der Waals surface area contributed by atoms with E-state index in [-0.39, 0.29) is 6.10 Å². The third-order valence-corrected chi connectivity index (χ3v) is 2.96. The first kappa shape index (κ1) is 12.6. The number of rotatable bonds is 4. The average Bonchev–Trinajstić information content (AvgIpc) is 2.83. The molecule has 2 heterocycles. The molecule has 0 saturated carbocycles. The van der Waals surface area contributed by atoms with Crippen LogP contribution in [0.2, 0.25) is 0 Å². The van der Waals surface area contributed by atoms with Gasteiger partial charge in [0.05, 0.1) is 13.2 Å². The van der Waals surface area contributed by atoms with Gasteiger partial charge in [0.2, 0.25) is 11.8 Å². The van der Waals surface area contributed by atoms with Gasteiger partial charge in [-0.25, -0.2) is 9.78 Å². The molecule has 1 fully saturated rings. The van der Waals surface area contributed by atoms with Gasteiger partial charge in [-0.05, 0) is 0 Å². The summed E-state index contributed by atoms with van der Waals surface area (Å²) in [5.74, 6) is -0.146. The Bertz CT molecular complexity index is 440. The quantitative estimate of drug-likeness (QED) is 0.818. The number of hydrogen-bond donors (Lipinski definition) is 1. The van der Waals surface area contributed by atoms with E-state index in [0.29, 0.717) is 24.8 Å². The van der Waals surface area contributed by atoms with Crippen LogP contribution in [0.5, 0.6) is 5.88 Å². The number of ether oxygens (including phenoxy) is 2. The van der Waals surface area contributed by atoms with E-state index in [1.807, 2.05) is 0 Å². The van der Waals surface area contributed by atoms with E-state index < -0.39 is 12.0 Å². The van der Waals surface area contributed by atoms with Crippen LogP contribution in [0.15, 0.2) is 12.3 Å². The zero-order valence-electron chi connectivity index (χ0n) is 10.2. The number of nitrogens with zero attached hydrogens (tertiary/aromatic N) is 3. The van der Waals surface area contributed by atoms with Crippen molar-refractivity contribution in [1.82, 2.24) is 9.97 Å². The molecule has 2 atom stereocenters. The highest BCUT2D eigenvalue weighted by Gasteiger charge is 2.38. The first-order chi connectivity index (χ1) is 8.65. The summed E-state index contributed by atoms with van der Waals surface area (Å²) in [4.78, 5) is 21.1. The Kier molecular flexibility index (Phi) is 3.61. The van der Waals surface area contributed by atoms with Crippen molar-refractivity contribution in [3.05, 3.63) is 12.3 Å². The maximum atomic E-state index is 11.2.